The molecule has 1 unspecified atom stereocenters. The number of carbonyl (C=O) groups is 3. The maximum atomic E-state index is 12.7. The van der Waals surface area contributed by atoms with E-state index >= 15 is 0 Å². The third kappa shape index (κ3) is 6.06. The average Bonchev–Trinajstić information content (AvgIpc) is 2.82. The fourth-order valence-electron chi connectivity index (χ4n) is 3.45. The first-order valence-corrected chi connectivity index (χ1v) is 10.9. The zero-order valence-electron chi connectivity index (χ0n) is 19.7. The molecule has 0 saturated heterocycles. The lowest BCUT2D eigenvalue weighted by Crippen LogP contribution is -2.45. The number of hydrogen-bond acceptors (Lipinski definition) is 6. The van der Waals surface area contributed by atoms with Crippen LogP contribution in [0.4, 0.5) is 10.5 Å². The standard InChI is InChI=1S/C25H29N3O6/c1-5-12-33-24(30)22-16(3)26-25(31)28-23(22)17-8-11-19(20(13-17)32-4)34-14-21(29)27-18-9-6-15(2)7-10-18/h6-11,13,23H,5,12,14H2,1-4H3,(H,27,29)(H2,26,28,31). The Bertz CT molecular complexity index is 1090. The lowest BCUT2D eigenvalue weighted by molar-refractivity contribution is -0.139. The number of allylic oxidation sites excluding steroid dienone is 1. The van der Waals surface area contributed by atoms with Gasteiger partial charge in [0.25, 0.3) is 5.91 Å². The number of aryl methyl sites for hydroxylation is 1. The highest BCUT2D eigenvalue weighted by Crippen LogP contribution is 2.34. The van der Waals surface area contributed by atoms with Gasteiger partial charge in [-0.2, -0.15) is 0 Å². The van der Waals surface area contributed by atoms with Crippen LogP contribution in [-0.2, 0) is 14.3 Å². The molecule has 9 heteroatoms. The Morgan fingerprint density at radius 3 is 2.47 bits per heavy atom. The van der Waals surface area contributed by atoms with Gasteiger partial charge >= 0.3 is 12.0 Å². The number of methoxy groups -OCH3 is 1. The zero-order valence-corrected chi connectivity index (χ0v) is 19.7. The normalized spacial score (nSPS) is 15.2. The van der Waals surface area contributed by atoms with E-state index in [9.17, 15) is 14.4 Å². The van der Waals surface area contributed by atoms with Crippen molar-refractivity contribution < 1.29 is 28.6 Å². The predicted octanol–water partition coefficient (Wildman–Crippen LogP) is 3.60. The minimum absolute atomic E-state index is 0.221. The van der Waals surface area contributed by atoms with Crippen molar-refractivity contribution in [2.45, 2.75) is 33.2 Å². The fourth-order valence-corrected chi connectivity index (χ4v) is 3.45. The number of anilines is 1. The molecule has 2 aromatic carbocycles. The zero-order chi connectivity index (χ0) is 24.7. The first-order valence-electron chi connectivity index (χ1n) is 10.9. The molecule has 1 aliphatic rings. The number of carbonyl (C=O) groups excluding carboxylic acids is 3. The first-order chi connectivity index (χ1) is 16.3. The number of esters is 1. The van der Waals surface area contributed by atoms with Crippen molar-refractivity contribution in [1.82, 2.24) is 10.6 Å². The van der Waals surface area contributed by atoms with Crippen molar-refractivity contribution in [3.63, 3.8) is 0 Å². The van der Waals surface area contributed by atoms with Crippen LogP contribution < -0.4 is 25.4 Å². The molecule has 1 aliphatic heterocycles. The average molecular weight is 468 g/mol. The third-order valence-corrected chi connectivity index (χ3v) is 5.14. The Morgan fingerprint density at radius 1 is 1.06 bits per heavy atom. The van der Waals surface area contributed by atoms with E-state index in [0.29, 0.717) is 40.4 Å². The van der Waals surface area contributed by atoms with Crippen LogP contribution in [0.2, 0.25) is 0 Å². The maximum Gasteiger partial charge on any atom is 0.338 e. The van der Waals surface area contributed by atoms with E-state index in [0.717, 1.165) is 5.56 Å². The van der Waals surface area contributed by atoms with Gasteiger partial charge in [-0.05, 0) is 50.1 Å². The molecule has 1 atom stereocenters. The topological polar surface area (TPSA) is 115 Å². The summed E-state index contributed by atoms with van der Waals surface area (Å²) in [4.78, 5) is 37.0. The van der Waals surface area contributed by atoms with Gasteiger partial charge in [0.1, 0.15) is 0 Å². The van der Waals surface area contributed by atoms with Gasteiger partial charge < -0.3 is 30.2 Å². The largest absolute Gasteiger partial charge is 0.493 e. The van der Waals surface area contributed by atoms with Gasteiger partial charge in [-0.25, -0.2) is 9.59 Å². The summed E-state index contributed by atoms with van der Waals surface area (Å²) in [6, 6.07) is 11.3. The van der Waals surface area contributed by atoms with E-state index in [1.807, 2.05) is 38.1 Å². The summed E-state index contributed by atoms with van der Waals surface area (Å²) in [5, 5.41) is 8.13. The highest BCUT2D eigenvalue weighted by molar-refractivity contribution is 5.95. The SMILES string of the molecule is CCCOC(=O)C1=C(C)NC(=O)NC1c1ccc(OCC(=O)Nc2ccc(C)cc2)c(OC)c1. The summed E-state index contributed by atoms with van der Waals surface area (Å²) in [7, 11) is 1.47. The van der Waals surface area contributed by atoms with Crippen molar-refractivity contribution >= 4 is 23.6 Å². The monoisotopic (exact) mass is 467 g/mol. The summed E-state index contributed by atoms with van der Waals surface area (Å²) >= 11 is 0. The molecule has 3 rings (SSSR count). The lowest BCUT2D eigenvalue weighted by Gasteiger charge is -2.28. The van der Waals surface area contributed by atoms with Crippen LogP contribution in [0.1, 0.15) is 37.4 Å². The minimum Gasteiger partial charge on any atom is -0.493 e. The molecule has 0 aliphatic carbocycles. The Balaban J connectivity index is 1.75. The number of urea groups is 1. The van der Waals surface area contributed by atoms with Gasteiger partial charge in [-0.15, -0.1) is 0 Å². The van der Waals surface area contributed by atoms with Crippen molar-refractivity contribution in [2.24, 2.45) is 0 Å². The van der Waals surface area contributed by atoms with Gasteiger partial charge in [0.15, 0.2) is 18.1 Å². The van der Waals surface area contributed by atoms with Crippen LogP contribution in [0.15, 0.2) is 53.7 Å². The fraction of sp³-hybridized carbons (Fsp3) is 0.320. The van der Waals surface area contributed by atoms with E-state index in [4.69, 9.17) is 14.2 Å². The predicted molar refractivity (Wildman–Crippen MR) is 127 cm³/mol. The molecule has 0 aromatic heterocycles. The lowest BCUT2D eigenvalue weighted by atomic mass is 9.95. The van der Waals surface area contributed by atoms with Crippen molar-refractivity contribution in [3.8, 4) is 11.5 Å². The number of rotatable bonds is 9. The molecular formula is C25H29N3O6. The van der Waals surface area contributed by atoms with Crippen LogP contribution in [0.25, 0.3) is 0 Å². The molecule has 1 heterocycles. The van der Waals surface area contributed by atoms with Gasteiger partial charge in [0.2, 0.25) is 0 Å². The van der Waals surface area contributed by atoms with E-state index in [1.165, 1.54) is 7.11 Å². The highest BCUT2D eigenvalue weighted by Gasteiger charge is 2.32. The third-order valence-electron chi connectivity index (χ3n) is 5.14. The van der Waals surface area contributed by atoms with E-state index in [1.54, 1.807) is 25.1 Å². The number of ether oxygens (including phenoxy) is 3. The molecular weight excluding hydrogens is 438 g/mol. The summed E-state index contributed by atoms with van der Waals surface area (Å²) < 4.78 is 16.4. The van der Waals surface area contributed by atoms with E-state index in [-0.39, 0.29) is 19.1 Å². The van der Waals surface area contributed by atoms with Crippen LogP contribution in [0.3, 0.4) is 0 Å². The smallest absolute Gasteiger partial charge is 0.338 e. The summed E-state index contributed by atoms with van der Waals surface area (Å²) in [5.74, 6) is -0.127. The van der Waals surface area contributed by atoms with Crippen LogP contribution >= 0.6 is 0 Å². The minimum atomic E-state index is -0.731. The Morgan fingerprint density at radius 2 is 1.79 bits per heavy atom. The second-order valence-corrected chi connectivity index (χ2v) is 7.82. The Labute approximate surface area is 198 Å². The molecule has 2 aromatic rings. The molecule has 0 radical (unpaired) electrons. The first kappa shape index (κ1) is 24.6. The van der Waals surface area contributed by atoms with E-state index in [2.05, 4.69) is 16.0 Å². The number of benzene rings is 2. The summed E-state index contributed by atoms with van der Waals surface area (Å²) in [6.07, 6.45) is 0.680. The van der Waals surface area contributed by atoms with Gasteiger partial charge in [-0.3, -0.25) is 4.79 Å². The van der Waals surface area contributed by atoms with Gasteiger partial charge in [-0.1, -0.05) is 30.7 Å². The molecule has 34 heavy (non-hydrogen) atoms. The Hall–Kier alpha value is -4.01. The maximum absolute atomic E-state index is 12.7. The van der Waals surface area contributed by atoms with Gasteiger partial charge in [0.05, 0.1) is 25.3 Å². The van der Waals surface area contributed by atoms with Crippen LogP contribution in [0, 0.1) is 6.92 Å². The van der Waals surface area contributed by atoms with Crippen LogP contribution in [0.5, 0.6) is 11.5 Å². The van der Waals surface area contributed by atoms with Crippen molar-refractivity contribution in [2.75, 3.05) is 25.6 Å². The summed E-state index contributed by atoms with van der Waals surface area (Å²) in [5.41, 5.74) is 3.10. The number of nitrogens with one attached hydrogen (secondary N) is 3. The quantitative estimate of drug-likeness (QED) is 0.486. The van der Waals surface area contributed by atoms with Crippen molar-refractivity contribution in [1.29, 1.82) is 0 Å². The molecule has 3 amide bonds. The van der Waals surface area contributed by atoms with Crippen molar-refractivity contribution in [3.05, 3.63) is 64.9 Å². The molecule has 0 bridgehead atoms. The van der Waals surface area contributed by atoms with E-state index < -0.39 is 18.0 Å². The molecule has 9 nitrogen and oxygen atoms in total. The molecule has 3 N–H and O–H groups in total. The molecule has 0 saturated carbocycles. The molecule has 180 valence electrons. The van der Waals surface area contributed by atoms with Crippen LogP contribution in [-0.4, -0.2) is 38.2 Å². The number of amides is 3. The second kappa shape index (κ2) is 11.2. The number of hydrogen-bond donors (Lipinski definition) is 3. The van der Waals surface area contributed by atoms with Gasteiger partial charge in [0, 0.05) is 11.4 Å². The highest BCUT2D eigenvalue weighted by atomic mass is 16.5. The second-order valence-electron chi connectivity index (χ2n) is 7.82. The molecule has 0 fully saturated rings. The Kier molecular flexibility index (Phi) is 8.13. The summed E-state index contributed by atoms with van der Waals surface area (Å²) in [6.45, 7) is 5.57. The molecule has 0 spiro atoms.